The highest BCUT2D eigenvalue weighted by Crippen LogP contribution is 2.32. The molecule has 25 heavy (non-hydrogen) atoms. The monoisotopic (exact) mass is 377 g/mol. The second kappa shape index (κ2) is 7.58. The molecule has 0 bridgehead atoms. The second-order valence-corrected chi connectivity index (χ2v) is 8.06. The van der Waals surface area contributed by atoms with Crippen LogP contribution in [0.15, 0.2) is 24.3 Å². The summed E-state index contributed by atoms with van der Waals surface area (Å²) in [6.07, 6.45) is 3.19. The SMILES string of the molecule is Cc1cc(Cl)ccc1NC(=O)COC(=O)c1cc2c(s1)CC[C@H](C)C2. The highest BCUT2D eigenvalue weighted by atomic mass is 35.5. The number of carbonyl (C=O) groups is 2. The third-order valence-electron chi connectivity index (χ3n) is 4.33. The lowest BCUT2D eigenvalue weighted by Crippen LogP contribution is -2.21. The molecule has 0 radical (unpaired) electrons. The molecule has 1 aliphatic rings. The third kappa shape index (κ3) is 4.41. The molecular formula is C19H20ClNO3S. The van der Waals surface area contributed by atoms with Crippen molar-refractivity contribution < 1.29 is 14.3 Å². The van der Waals surface area contributed by atoms with Gasteiger partial charge in [0.05, 0.1) is 0 Å². The fraction of sp³-hybridized carbons (Fsp3) is 0.368. The summed E-state index contributed by atoms with van der Waals surface area (Å²) in [7, 11) is 0. The summed E-state index contributed by atoms with van der Waals surface area (Å²) in [5.41, 5.74) is 2.76. The Balaban J connectivity index is 1.56. The number of fused-ring (bicyclic) bond motifs is 1. The van der Waals surface area contributed by atoms with Crippen molar-refractivity contribution in [2.45, 2.75) is 33.1 Å². The Morgan fingerprint density at radius 1 is 1.36 bits per heavy atom. The molecule has 0 saturated carbocycles. The number of esters is 1. The minimum absolute atomic E-state index is 0.306. The van der Waals surface area contributed by atoms with E-state index < -0.39 is 5.97 Å². The van der Waals surface area contributed by atoms with E-state index >= 15 is 0 Å². The van der Waals surface area contributed by atoms with Crippen LogP contribution in [0.3, 0.4) is 0 Å². The van der Waals surface area contributed by atoms with Gasteiger partial charge in [0, 0.05) is 15.6 Å². The van der Waals surface area contributed by atoms with E-state index in [1.54, 1.807) is 18.2 Å². The number of rotatable bonds is 4. The van der Waals surface area contributed by atoms with E-state index in [1.807, 2.05) is 13.0 Å². The number of hydrogen-bond acceptors (Lipinski definition) is 4. The van der Waals surface area contributed by atoms with Gasteiger partial charge >= 0.3 is 5.97 Å². The lowest BCUT2D eigenvalue weighted by atomic mass is 9.90. The van der Waals surface area contributed by atoms with Crippen LogP contribution in [0.25, 0.3) is 0 Å². The molecule has 0 saturated heterocycles. The molecule has 1 amide bonds. The number of amides is 1. The lowest BCUT2D eigenvalue weighted by Gasteiger charge is -2.16. The second-order valence-electron chi connectivity index (χ2n) is 6.49. The van der Waals surface area contributed by atoms with E-state index in [0.29, 0.717) is 21.5 Å². The zero-order valence-corrected chi connectivity index (χ0v) is 15.8. The Hall–Kier alpha value is -1.85. The first-order chi connectivity index (χ1) is 11.9. The summed E-state index contributed by atoms with van der Waals surface area (Å²) < 4.78 is 5.16. The Bertz CT molecular complexity index is 815. The molecule has 0 unspecified atom stereocenters. The van der Waals surface area contributed by atoms with Crippen molar-refractivity contribution >= 4 is 40.5 Å². The average Bonchev–Trinajstić information content (AvgIpc) is 2.98. The maximum Gasteiger partial charge on any atom is 0.348 e. The van der Waals surface area contributed by atoms with E-state index in [1.165, 1.54) is 21.8 Å². The van der Waals surface area contributed by atoms with Gasteiger partial charge in [-0.15, -0.1) is 11.3 Å². The first-order valence-corrected chi connectivity index (χ1v) is 9.46. The Morgan fingerprint density at radius 2 is 2.16 bits per heavy atom. The number of aryl methyl sites for hydroxylation is 2. The van der Waals surface area contributed by atoms with Crippen molar-refractivity contribution in [2.24, 2.45) is 5.92 Å². The van der Waals surface area contributed by atoms with Crippen LogP contribution >= 0.6 is 22.9 Å². The minimum Gasteiger partial charge on any atom is -0.451 e. The van der Waals surface area contributed by atoms with Gasteiger partial charge in [-0.3, -0.25) is 4.79 Å². The topological polar surface area (TPSA) is 55.4 Å². The van der Waals surface area contributed by atoms with Crippen molar-refractivity contribution in [1.29, 1.82) is 0 Å². The number of anilines is 1. The molecule has 2 aromatic rings. The Morgan fingerprint density at radius 3 is 2.92 bits per heavy atom. The van der Waals surface area contributed by atoms with E-state index in [9.17, 15) is 9.59 Å². The Kier molecular flexibility index (Phi) is 5.45. The first kappa shape index (κ1) is 18.0. The standard InChI is InChI=1S/C19H20ClNO3S/c1-11-3-6-16-13(7-11)9-17(25-16)19(23)24-10-18(22)21-15-5-4-14(20)8-12(15)2/h4-5,8-9,11H,3,6-7,10H2,1-2H3,(H,21,22)/t11-/m0/s1. The van der Waals surface area contributed by atoms with E-state index in [2.05, 4.69) is 12.2 Å². The number of thiophene rings is 1. The van der Waals surface area contributed by atoms with Crippen LogP contribution in [0.2, 0.25) is 5.02 Å². The third-order valence-corrected chi connectivity index (χ3v) is 5.78. The van der Waals surface area contributed by atoms with Crippen LogP contribution in [0.4, 0.5) is 5.69 Å². The average molecular weight is 378 g/mol. The normalized spacial score (nSPS) is 16.2. The highest BCUT2D eigenvalue weighted by Gasteiger charge is 2.21. The van der Waals surface area contributed by atoms with Gasteiger partial charge in [-0.2, -0.15) is 0 Å². The summed E-state index contributed by atoms with van der Waals surface area (Å²) in [4.78, 5) is 26.1. The maximum absolute atomic E-state index is 12.2. The van der Waals surface area contributed by atoms with Gasteiger partial charge in [-0.25, -0.2) is 4.79 Å². The van der Waals surface area contributed by atoms with Gasteiger partial charge < -0.3 is 10.1 Å². The van der Waals surface area contributed by atoms with Crippen molar-refractivity contribution in [2.75, 3.05) is 11.9 Å². The van der Waals surface area contributed by atoms with Crippen LogP contribution in [0.1, 0.15) is 39.0 Å². The van der Waals surface area contributed by atoms with Crippen LogP contribution in [0, 0.1) is 12.8 Å². The summed E-state index contributed by atoms with van der Waals surface area (Å²) >= 11 is 7.38. The van der Waals surface area contributed by atoms with E-state index in [-0.39, 0.29) is 12.5 Å². The lowest BCUT2D eigenvalue weighted by molar-refractivity contribution is -0.119. The predicted octanol–water partition coefficient (Wildman–Crippen LogP) is 4.63. The molecule has 1 heterocycles. The largest absolute Gasteiger partial charge is 0.451 e. The smallest absolute Gasteiger partial charge is 0.348 e. The zero-order valence-electron chi connectivity index (χ0n) is 14.2. The number of benzene rings is 1. The molecule has 132 valence electrons. The maximum atomic E-state index is 12.2. The minimum atomic E-state index is -0.435. The number of halogens is 1. The Labute approximate surface area is 156 Å². The summed E-state index contributed by atoms with van der Waals surface area (Å²) in [6.45, 7) is 3.77. The van der Waals surface area contributed by atoms with Crippen LogP contribution in [-0.2, 0) is 22.4 Å². The van der Waals surface area contributed by atoms with Crippen LogP contribution < -0.4 is 5.32 Å². The fourth-order valence-corrected chi connectivity index (χ4v) is 4.29. The van der Waals surface area contributed by atoms with Gasteiger partial charge in [-0.1, -0.05) is 18.5 Å². The molecular weight excluding hydrogens is 358 g/mol. The molecule has 1 aliphatic carbocycles. The molecule has 1 atom stereocenters. The number of nitrogens with one attached hydrogen (secondary N) is 1. The van der Waals surface area contributed by atoms with Crippen LogP contribution in [-0.4, -0.2) is 18.5 Å². The van der Waals surface area contributed by atoms with Crippen molar-refractivity contribution in [3.05, 3.63) is 50.2 Å². The summed E-state index contributed by atoms with van der Waals surface area (Å²) in [6, 6.07) is 7.11. The van der Waals surface area contributed by atoms with Gasteiger partial charge in [0.2, 0.25) is 0 Å². The predicted molar refractivity (Wildman–Crippen MR) is 101 cm³/mol. The molecule has 3 rings (SSSR count). The molecule has 0 aliphatic heterocycles. The number of ether oxygens (including phenoxy) is 1. The molecule has 1 aromatic carbocycles. The molecule has 1 aromatic heterocycles. The van der Waals surface area contributed by atoms with E-state index in [0.717, 1.165) is 24.8 Å². The van der Waals surface area contributed by atoms with E-state index in [4.69, 9.17) is 16.3 Å². The molecule has 0 fully saturated rings. The van der Waals surface area contributed by atoms with Gasteiger partial charge in [0.25, 0.3) is 5.91 Å². The molecule has 6 heteroatoms. The fourth-order valence-electron chi connectivity index (χ4n) is 2.96. The quantitative estimate of drug-likeness (QED) is 0.790. The number of carbonyl (C=O) groups excluding carboxylic acids is 2. The number of hydrogen-bond donors (Lipinski definition) is 1. The zero-order chi connectivity index (χ0) is 18.0. The summed E-state index contributed by atoms with van der Waals surface area (Å²) in [5.74, 6) is -0.150. The van der Waals surface area contributed by atoms with Gasteiger partial charge in [-0.05, 0) is 67.5 Å². The van der Waals surface area contributed by atoms with Crippen molar-refractivity contribution in [1.82, 2.24) is 0 Å². The molecule has 0 spiro atoms. The van der Waals surface area contributed by atoms with Gasteiger partial charge in [0.1, 0.15) is 4.88 Å². The van der Waals surface area contributed by atoms with Crippen molar-refractivity contribution in [3.63, 3.8) is 0 Å². The van der Waals surface area contributed by atoms with Gasteiger partial charge in [0.15, 0.2) is 6.61 Å². The summed E-state index contributed by atoms with van der Waals surface area (Å²) in [5, 5.41) is 3.34. The highest BCUT2D eigenvalue weighted by molar-refractivity contribution is 7.14. The molecule has 1 N–H and O–H groups in total. The van der Waals surface area contributed by atoms with Crippen LogP contribution in [0.5, 0.6) is 0 Å². The van der Waals surface area contributed by atoms with Crippen molar-refractivity contribution in [3.8, 4) is 0 Å². The first-order valence-electron chi connectivity index (χ1n) is 8.27. The molecule has 4 nitrogen and oxygen atoms in total.